The van der Waals surface area contributed by atoms with Crippen LogP contribution < -0.4 is 5.32 Å². The molecule has 0 unspecified atom stereocenters. The van der Waals surface area contributed by atoms with Crippen LogP contribution >= 0.6 is 11.6 Å². The van der Waals surface area contributed by atoms with Gasteiger partial charge >= 0.3 is 6.18 Å². The first-order valence-corrected chi connectivity index (χ1v) is 7.49. The summed E-state index contributed by atoms with van der Waals surface area (Å²) >= 11 is 6.07. The van der Waals surface area contributed by atoms with Gasteiger partial charge in [-0.25, -0.2) is 9.37 Å². The predicted octanol–water partition coefficient (Wildman–Crippen LogP) is 5.60. The second-order valence-corrected chi connectivity index (χ2v) is 5.86. The summed E-state index contributed by atoms with van der Waals surface area (Å²) in [6.45, 7) is 0. The van der Waals surface area contributed by atoms with Crippen LogP contribution in [0.2, 0.25) is 5.02 Å². The van der Waals surface area contributed by atoms with Crippen LogP contribution in [0.5, 0.6) is 0 Å². The molecule has 0 aliphatic carbocycles. The first-order chi connectivity index (χ1) is 11.8. The number of nitrogens with one attached hydrogen (secondary N) is 3. The van der Waals surface area contributed by atoms with Crippen LogP contribution in [0.15, 0.2) is 36.5 Å². The molecule has 0 atom stereocenters. The van der Waals surface area contributed by atoms with E-state index in [4.69, 9.17) is 11.6 Å². The maximum absolute atomic E-state index is 13.6. The maximum atomic E-state index is 13.6. The number of alkyl halides is 3. The van der Waals surface area contributed by atoms with Crippen molar-refractivity contribution < 1.29 is 17.6 Å². The van der Waals surface area contributed by atoms with Crippen molar-refractivity contribution in [1.29, 1.82) is 0 Å². The van der Waals surface area contributed by atoms with Gasteiger partial charge in [-0.2, -0.15) is 13.2 Å². The van der Waals surface area contributed by atoms with E-state index in [2.05, 4.69) is 20.3 Å². The molecule has 2 heterocycles. The third-order valence-electron chi connectivity index (χ3n) is 3.76. The van der Waals surface area contributed by atoms with E-state index in [0.717, 1.165) is 12.1 Å². The Balaban J connectivity index is 1.71. The average molecular weight is 369 g/mol. The van der Waals surface area contributed by atoms with Crippen molar-refractivity contribution in [2.45, 2.75) is 6.18 Å². The molecule has 0 amide bonds. The predicted molar refractivity (Wildman–Crippen MR) is 87.6 cm³/mol. The molecule has 9 heteroatoms. The van der Waals surface area contributed by atoms with Gasteiger partial charge in [0.05, 0.1) is 32.5 Å². The van der Waals surface area contributed by atoms with Crippen LogP contribution in [0.1, 0.15) is 5.56 Å². The third-order valence-corrected chi connectivity index (χ3v) is 4.05. The topological polar surface area (TPSA) is 56.5 Å². The summed E-state index contributed by atoms with van der Waals surface area (Å²) in [5.41, 5.74) is 0.864. The van der Waals surface area contributed by atoms with Crippen molar-refractivity contribution in [3.63, 3.8) is 0 Å². The molecule has 3 N–H and O–H groups in total. The molecule has 0 fully saturated rings. The van der Waals surface area contributed by atoms with Gasteiger partial charge in [-0.3, -0.25) is 0 Å². The maximum Gasteiger partial charge on any atom is 0.416 e. The number of anilines is 2. The SMILES string of the molecule is Fc1c[nH]c2cc(Nc3nc4ccc(C(F)(F)F)cc4[nH]3)cc(Cl)c12. The average Bonchev–Trinajstić information content (AvgIpc) is 3.09. The molecule has 0 spiro atoms. The van der Waals surface area contributed by atoms with E-state index in [0.29, 0.717) is 16.7 Å². The van der Waals surface area contributed by atoms with E-state index in [1.54, 1.807) is 6.07 Å². The molecule has 0 bridgehead atoms. The Morgan fingerprint density at radius 1 is 1.08 bits per heavy atom. The highest BCUT2D eigenvalue weighted by atomic mass is 35.5. The largest absolute Gasteiger partial charge is 0.416 e. The quantitative estimate of drug-likeness (QED) is 0.403. The van der Waals surface area contributed by atoms with Crippen LogP contribution in [0.4, 0.5) is 29.2 Å². The molecule has 0 saturated carbocycles. The highest BCUT2D eigenvalue weighted by Gasteiger charge is 2.30. The van der Waals surface area contributed by atoms with E-state index < -0.39 is 17.6 Å². The highest BCUT2D eigenvalue weighted by molar-refractivity contribution is 6.35. The number of nitrogens with zero attached hydrogens (tertiary/aromatic N) is 1. The van der Waals surface area contributed by atoms with Crippen LogP contribution in [-0.4, -0.2) is 15.0 Å². The van der Waals surface area contributed by atoms with Gasteiger partial charge in [0.25, 0.3) is 0 Å². The summed E-state index contributed by atoms with van der Waals surface area (Å²) in [4.78, 5) is 9.71. The molecule has 0 aliphatic rings. The van der Waals surface area contributed by atoms with Crippen LogP contribution in [-0.2, 0) is 6.18 Å². The molecule has 0 saturated heterocycles. The first kappa shape index (κ1) is 15.8. The number of H-pyrrole nitrogens is 2. The van der Waals surface area contributed by atoms with Crippen molar-refractivity contribution in [2.24, 2.45) is 0 Å². The van der Waals surface area contributed by atoms with E-state index in [1.165, 1.54) is 18.3 Å². The highest BCUT2D eigenvalue weighted by Crippen LogP contribution is 2.33. The van der Waals surface area contributed by atoms with Crippen molar-refractivity contribution in [1.82, 2.24) is 15.0 Å². The first-order valence-electron chi connectivity index (χ1n) is 7.11. The Bertz CT molecular complexity index is 1100. The molecular weight excluding hydrogens is 360 g/mol. The van der Waals surface area contributed by atoms with Gasteiger partial charge < -0.3 is 15.3 Å². The molecule has 0 radical (unpaired) electrons. The minimum absolute atomic E-state index is 0.203. The fourth-order valence-corrected chi connectivity index (χ4v) is 2.94. The fraction of sp³-hybridized carbons (Fsp3) is 0.0625. The number of aromatic nitrogens is 3. The van der Waals surface area contributed by atoms with Gasteiger partial charge in [0.1, 0.15) is 5.82 Å². The lowest BCUT2D eigenvalue weighted by Crippen LogP contribution is -2.04. The van der Waals surface area contributed by atoms with Crippen molar-refractivity contribution in [3.05, 3.63) is 52.9 Å². The summed E-state index contributed by atoms with van der Waals surface area (Å²) in [7, 11) is 0. The van der Waals surface area contributed by atoms with Gasteiger partial charge in [0.15, 0.2) is 0 Å². The molecule has 25 heavy (non-hydrogen) atoms. The molecule has 2 aromatic heterocycles. The fourth-order valence-electron chi connectivity index (χ4n) is 2.63. The zero-order chi connectivity index (χ0) is 17.8. The second kappa shape index (κ2) is 5.38. The summed E-state index contributed by atoms with van der Waals surface area (Å²) < 4.78 is 51.9. The third kappa shape index (κ3) is 2.78. The number of halogens is 5. The number of aromatic amines is 2. The molecule has 4 aromatic rings. The molecule has 2 aromatic carbocycles. The van der Waals surface area contributed by atoms with Gasteiger partial charge in [-0.15, -0.1) is 0 Å². The smallest absolute Gasteiger partial charge is 0.358 e. The lowest BCUT2D eigenvalue weighted by atomic mass is 10.2. The molecule has 4 rings (SSSR count). The minimum atomic E-state index is -4.43. The Kier molecular flexibility index (Phi) is 3.40. The zero-order valence-corrected chi connectivity index (χ0v) is 13.1. The number of imidazole rings is 1. The van der Waals surface area contributed by atoms with E-state index >= 15 is 0 Å². The summed E-state index contributed by atoms with van der Waals surface area (Å²) in [5, 5.41) is 3.39. The number of rotatable bonds is 2. The van der Waals surface area contributed by atoms with Crippen LogP contribution in [0.25, 0.3) is 21.9 Å². The van der Waals surface area contributed by atoms with Gasteiger partial charge in [0.2, 0.25) is 5.95 Å². The van der Waals surface area contributed by atoms with E-state index in [-0.39, 0.29) is 21.9 Å². The summed E-state index contributed by atoms with van der Waals surface area (Å²) in [6, 6.07) is 6.38. The molecule has 4 nitrogen and oxygen atoms in total. The monoisotopic (exact) mass is 368 g/mol. The van der Waals surface area contributed by atoms with Gasteiger partial charge in [0, 0.05) is 11.9 Å². The Morgan fingerprint density at radius 3 is 2.64 bits per heavy atom. The summed E-state index contributed by atoms with van der Waals surface area (Å²) in [6.07, 6.45) is -3.23. The van der Waals surface area contributed by atoms with Gasteiger partial charge in [-0.05, 0) is 30.3 Å². The van der Waals surface area contributed by atoms with Crippen molar-refractivity contribution in [2.75, 3.05) is 5.32 Å². The Hall–Kier alpha value is -2.74. The zero-order valence-electron chi connectivity index (χ0n) is 12.3. The lowest BCUT2D eigenvalue weighted by molar-refractivity contribution is -0.137. The normalized spacial score (nSPS) is 12.2. The number of hydrogen-bond acceptors (Lipinski definition) is 2. The molecule has 0 aliphatic heterocycles. The van der Waals surface area contributed by atoms with Crippen molar-refractivity contribution >= 4 is 45.2 Å². The van der Waals surface area contributed by atoms with Crippen LogP contribution in [0, 0.1) is 5.82 Å². The molecular formula is C16H9ClF4N4. The number of hydrogen-bond donors (Lipinski definition) is 3. The lowest BCUT2D eigenvalue weighted by Gasteiger charge is -2.05. The van der Waals surface area contributed by atoms with E-state index in [9.17, 15) is 17.6 Å². The Morgan fingerprint density at radius 2 is 1.88 bits per heavy atom. The van der Waals surface area contributed by atoms with E-state index in [1.807, 2.05) is 0 Å². The van der Waals surface area contributed by atoms with Crippen molar-refractivity contribution in [3.8, 4) is 0 Å². The number of fused-ring (bicyclic) bond motifs is 2. The minimum Gasteiger partial charge on any atom is -0.358 e. The summed E-state index contributed by atoms with van der Waals surface area (Å²) in [5.74, 6) is -0.216. The second-order valence-electron chi connectivity index (χ2n) is 5.46. The Labute approximate surface area is 142 Å². The van der Waals surface area contributed by atoms with Gasteiger partial charge in [-0.1, -0.05) is 11.6 Å². The van der Waals surface area contributed by atoms with Crippen LogP contribution in [0.3, 0.4) is 0 Å². The molecule has 128 valence electrons. The number of benzene rings is 2. The standard InChI is InChI=1S/C16H9ClF4N4/c17-9-4-8(5-13-14(9)10(18)6-22-13)23-15-24-11-2-1-7(16(19,20)21)3-12(11)25-15/h1-6,22H,(H2,23,24,25).